The van der Waals surface area contributed by atoms with Crippen molar-refractivity contribution in [2.45, 2.75) is 33.6 Å². The second kappa shape index (κ2) is 3.52. The van der Waals surface area contributed by atoms with Gasteiger partial charge in [-0.25, -0.2) is 0 Å². The Morgan fingerprint density at radius 1 is 1.43 bits per heavy atom. The number of hydrogen-bond donors (Lipinski definition) is 0. The number of hydrogen-bond acceptors (Lipinski definition) is 3. The first-order valence-electron chi connectivity index (χ1n) is 4.75. The molecule has 0 saturated carbocycles. The Morgan fingerprint density at radius 2 is 2.00 bits per heavy atom. The van der Waals surface area contributed by atoms with E-state index in [-0.39, 0.29) is 30.6 Å². The zero-order chi connectivity index (χ0) is 10.9. The Morgan fingerprint density at radius 3 is 2.36 bits per heavy atom. The van der Waals surface area contributed by atoms with E-state index in [2.05, 4.69) is 0 Å². The summed E-state index contributed by atoms with van der Waals surface area (Å²) in [6.45, 7) is 5.11. The molecular weight excluding hydrogens is 182 g/mol. The zero-order valence-corrected chi connectivity index (χ0v) is 8.79. The van der Waals surface area contributed by atoms with Gasteiger partial charge in [-0.2, -0.15) is 0 Å². The standard InChI is InChI=1S/C10H15NO3/c1-4-7(12)6-11-8(13)5-10(2,3)9(11)14/h4-6H2,1-3H3. The Kier molecular flexibility index (Phi) is 2.73. The van der Waals surface area contributed by atoms with Gasteiger partial charge in [0.15, 0.2) is 5.78 Å². The van der Waals surface area contributed by atoms with E-state index < -0.39 is 5.41 Å². The van der Waals surface area contributed by atoms with Crippen LogP contribution < -0.4 is 0 Å². The zero-order valence-electron chi connectivity index (χ0n) is 8.79. The van der Waals surface area contributed by atoms with Crippen LogP contribution in [0.15, 0.2) is 0 Å². The number of carbonyl (C=O) groups excluding carboxylic acids is 3. The van der Waals surface area contributed by atoms with Gasteiger partial charge in [-0.1, -0.05) is 20.8 Å². The molecule has 0 aromatic heterocycles. The van der Waals surface area contributed by atoms with Gasteiger partial charge in [-0.3, -0.25) is 19.3 Å². The third-order valence-electron chi connectivity index (χ3n) is 2.45. The molecule has 0 bridgehead atoms. The van der Waals surface area contributed by atoms with E-state index >= 15 is 0 Å². The number of nitrogens with zero attached hydrogens (tertiary/aromatic N) is 1. The molecule has 1 heterocycles. The monoisotopic (exact) mass is 197 g/mol. The fraction of sp³-hybridized carbons (Fsp3) is 0.700. The van der Waals surface area contributed by atoms with Crippen molar-refractivity contribution in [3.8, 4) is 0 Å². The van der Waals surface area contributed by atoms with Gasteiger partial charge in [-0.05, 0) is 0 Å². The molecule has 1 aliphatic rings. The molecule has 14 heavy (non-hydrogen) atoms. The highest BCUT2D eigenvalue weighted by molar-refractivity contribution is 6.07. The van der Waals surface area contributed by atoms with Crippen molar-refractivity contribution >= 4 is 17.6 Å². The summed E-state index contributed by atoms with van der Waals surface area (Å²) in [5, 5.41) is 0. The fourth-order valence-electron chi connectivity index (χ4n) is 1.48. The first-order chi connectivity index (χ1) is 6.38. The molecular formula is C10H15NO3. The predicted octanol–water partition coefficient (Wildman–Crippen LogP) is 0.751. The first-order valence-corrected chi connectivity index (χ1v) is 4.75. The summed E-state index contributed by atoms with van der Waals surface area (Å²) in [4.78, 5) is 35.2. The smallest absolute Gasteiger partial charge is 0.235 e. The van der Waals surface area contributed by atoms with E-state index in [4.69, 9.17) is 0 Å². The van der Waals surface area contributed by atoms with E-state index in [1.165, 1.54) is 0 Å². The molecule has 2 amide bonds. The summed E-state index contributed by atoms with van der Waals surface area (Å²) in [6.07, 6.45) is 0.570. The van der Waals surface area contributed by atoms with Crippen LogP contribution in [0.4, 0.5) is 0 Å². The Hall–Kier alpha value is -1.19. The lowest BCUT2D eigenvalue weighted by Gasteiger charge is -2.16. The molecule has 1 aliphatic heterocycles. The largest absolute Gasteiger partial charge is 0.298 e. The minimum absolute atomic E-state index is 0.0579. The molecule has 0 aromatic rings. The van der Waals surface area contributed by atoms with E-state index in [1.54, 1.807) is 20.8 Å². The maximum Gasteiger partial charge on any atom is 0.235 e. The van der Waals surface area contributed by atoms with E-state index in [9.17, 15) is 14.4 Å². The van der Waals surface area contributed by atoms with Gasteiger partial charge in [0.2, 0.25) is 11.8 Å². The predicted molar refractivity (Wildman–Crippen MR) is 50.4 cm³/mol. The highest BCUT2D eigenvalue weighted by Crippen LogP contribution is 2.31. The van der Waals surface area contributed by atoms with Crippen LogP contribution in [-0.4, -0.2) is 29.0 Å². The van der Waals surface area contributed by atoms with Crippen molar-refractivity contribution in [2.24, 2.45) is 5.41 Å². The van der Waals surface area contributed by atoms with Crippen molar-refractivity contribution < 1.29 is 14.4 Å². The number of Topliss-reactive ketones (excluding diaryl/α,β-unsaturated/α-hetero) is 1. The van der Waals surface area contributed by atoms with Gasteiger partial charge in [0.25, 0.3) is 0 Å². The number of carbonyl (C=O) groups is 3. The van der Waals surface area contributed by atoms with Crippen molar-refractivity contribution in [3.63, 3.8) is 0 Å². The van der Waals surface area contributed by atoms with Gasteiger partial charge < -0.3 is 0 Å². The van der Waals surface area contributed by atoms with E-state index in [0.717, 1.165) is 4.90 Å². The van der Waals surface area contributed by atoms with Crippen molar-refractivity contribution in [1.82, 2.24) is 4.90 Å². The fourth-order valence-corrected chi connectivity index (χ4v) is 1.48. The summed E-state index contributed by atoms with van der Waals surface area (Å²) < 4.78 is 0. The highest BCUT2D eigenvalue weighted by Gasteiger charge is 2.44. The van der Waals surface area contributed by atoms with Crippen molar-refractivity contribution in [3.05, 3.63) is 0 Å². The molecule has 0 aliphatic carbocycles. The summed E-state index contributed by atoms with van der Waals surface area (Å²) in [5.41, 5.74) is -0.634. The number of likely N-dealkylation sites (tertiary alicyclic amines) is 1. The van der Waals surface area contributed by atoms with E-state index in [0.29, 0.717) is 6.42 Å². The molecule has 1 saturated heterocycles. The topological polar surface area (TPSA) is 54.5 Å². The normalized spacial score (nSPS) is 20.4. The second-order valence-electron chi connectivity index (χ2n) is 4.24. The third kappa shape index (κ3) is 1.84. The lowest BCUT2D eigenvalue weighted by Crippen LogP contribution is -2.36. The van der Waals surface area contributed by atoms with Gasteiger partial charge in [0, 0.05) is 12.8 Å². The number of amides is 2. The Bertz CT molecular complexity index is 294. The average Bonchev–Trinajstić information content (AvgIpc) is 2.28. The van der Waals surface area contributed by atoms with Crippen LogP contribution in [0.25, 0.3) is 0 Å². The number of imide groups is 1. The van der Waals surface area contributed by atoms with Crippen LogP contribution >= 0.6 is 0 Å². The molecule has 0 radical (unpaired) electrons. The third-order valence-corrected chi connectivity index (χ3v) is 2.45. The van der Waals surface area contributed by atoms with Crippen LogP contribution in [0.5, 0.6) is 0 Å². The van der Waals surface area contributed by atoms with Gasteiger partial charge >= 0.3 is 0 Å². The van der Waals surface area contributed by atoms with Crippen LogP contribution in [-0.2, 0) is 14.4 Å². The molecule has 0 N–H and O–H groups in total. The SMILES string of the molecule is CCC(=O)CN1C(=O)CC(C)(C)C1=O. The molecule has 0 aromatic carbocycles. The second-order valence-corrected chi connectivity index (χ2v) is 4.24. The molecule has 0 atom stereocenters. The van der Waals surface area contributed by atoms with Gasteiger partial charge in [-0.15, -0.1) is 0 Å². The summed E-state index contributed by atoms with van der Waals surface area (Å²) in [7, 11) is 0. The van der Waals surface area contributed by atoms with Crippen LogP contribution in [0.3, 0.4) is 0 Å². The number of rotatable bonds is 3. The molecule has 1 fully saturated rings. The molecule has 4 heteroatoms. The minimum Gasteiger partial charge on any atom is -0.298 e. The lowest BCUT2D eigenvalue weighted by molar-refractivity contribution is -0.143. The average molecular weight is 197 g/mol. The van der Waals surface area contributed by atoms with Crippen LogP contribution in [0.2, 0.25) is 0 Å². The quantitative estimate of drug-likeness (QED) is 0.627. The molecule has 1 rings (SSSR count). The molecule has 78 valence electrons. The summed E-state index contributed by atoms with van der Waals surface area (Å²) in [5.74, 6) is -0.546. The Balaban J connectivity index is 2.76. The van der Waals surface area contributed by atoms with Crippen LogP contribution in [0, 0.1) is 5.41 Å². The number of ketones is 1. The summed E-state index contributed by atoms with van der Waals surface area (Å²) >= 11 is 0. The molecule has 4 nitrogen and oxygen atoms in total. The van der Waals surface area contributed by atoms with Crippen molar-refractivity contribution in [2.75, 3.05) is 6.54 Å². The van der Waals surface area contributed by atoms with Gasteiger partial charge in [0.1, 0.15) is 0 Å². The maximum atomic E-state index is 11.6. The molecule has 0 unspecified atom stereocenters. The van der Waals surface area contributed by atoms with Crippen molar-refractivity contribution in [1.29, 1.82) is 0 Å². The highest BCUT2D eigenvalue weighted by atomic mass is 16.2. The van der Waals surface area contributed by atoms with Crippen LogP contribution in [0.1, 0.15) is 33.6 Å². The maximum absolute atomic E-state index is 11.6. The van der Waals surface area contributed by atoms with E-state index in [1.807, 2.05) is 0 Å². The summed E-state index contributed by atoms with van der Waals surface area (Å²) in [6, 6.07) is 0. The Labute approximate surface area is 83.3 Å². The first kappa shape index (κ1) is 10.9. The minimum atomic E-state index is -0.634. The molecule has 0 spiro atoms. The van der Waals surface area contributed by atoms with Gasteiger partial charge in [0.05, 0.1) is 12.0 Å². The lowest BCUT2D eigenvalue weighted by atomic mass is 9.92.